The van der Waals surface area contributed by atoms with Crippen LogP contribution in [0.15, 0.2) is 0 Å². The van der Waals surface area contributed by atoms with Crippen LogP contribution in [-0.4, -0.2) is 65.4 Å². The lowest BCUT2D eigenvalue weighted by molar-refractivity contribution is -0.117. The molecule has 1 aromatic carbocycles. The molecule has 0 radical (unpaired) electrons. The van der Waals surface area contributed by atoms with Crippen LogP contribution in [0.5, 0.6) is 0 Å². The van der Waals surface area contributed by atoms with E-state index in [0.717, 1.165) is 0 Å². The molecule has 6 N–H and O–H groups in total. The lowest BCUT2D eigenvalue weighted by Gasteiger charge is -2.28. The minimum absolute atomic E-state index is 0.0118. The van der Waals surface area contributed by atoms with Crippen molar-refractivity contribution in [1.29, 1.82) is 0 Å². The van der Waals surface area contributed by atoms with E-state index in [4.69, 9.17) is 15.9 Å². The molecule has 0 aliphatic carbocycles. The number of amides is 3. The van der Waals surface area contributed by atoms with Crippen molar-refractivity contribution in [1.82, 2.24) is 5.32 Å². The van der Waals surface area contributed by atoms with Crippen LogP contribution in [0.25, 0.3) is 0 Å². The average molecular weight is 717 g/mol. The Kier molecular flexibility index (Phi) is 10.1. The monoisotopic (exact) mass is 717 g/mol. The van der Waals surface area contributed by atoms with Crippen molar-refractivity contribution in [3.8, 4) is 0 Å². The summed E-state index contributed by atoms with van der Waals surface area (Å²) in [7, 11) is 0. The van der Waals surface area contributed by atoms with Crippen LogP contribution < -0.4 is 16.0 Å². The molecule has 0 spiro atoms. The maximum atomic E-state index is 12.6. The maximum Gasteiger partial charge on any atom is 0.253 e. The van der Waals surface area contributed by atoms with Crippen LogP contribution in [-0.2, 0) is 4.79 Å². The van der Waals surface area contributed by atoms with E-state index in [-0.39, 0.29) is 36.5 Å². The van der Waals surface area contributed by atoms with Crippen molar-refractivity contribution in [3.05, 3.63) is 21.8 Å². The third-order valence-corrected chi connectivity index (χ3v) is 6.60. The molecule has 1 unspecified atom stereocenters. The van der Waals surface area contributed by atoms with Crippen molar-refractivity contribution < 1.29 is 29.7 Å². The lowest BCUT2D eigenvalue weighted by atomic mass is 10.1. The number of hydrogen-bond acceptors (Lipinski definition) is 6. The van der Waals surface area contributed by atoms with Gasteiger partial charge in [0.05, 0.1) is 49.8 Å². The van der Waals surface area contributed by atoms with Crippen LogP contribution in [0, 0.1) is 10.7 Å². The standard InChI is InChI=1S/C15H18I3N3O6/c1-6(24)21(4-7(25)5-23)13-11(17)8(14(19)26)10(16)9(12(13)18)15(27)20-2-3-22/h7,22-23,25H,2-5H2,1H3,(H2,19,26)(H,20,27). The molecule has 0 heterocycles. The minimum Gasteiger partial charge on any atom is -0.395 e. The van der Waals surface area contributed by atoms with Crippen molar-refractivity contribution in [2.24, 2.45) is 5.73 Å². The van der Waals surface area contributed by atoms with Gasteiger partial charge in [-0.1, -0.05) is 0 Å². The van der Waals surface area contributed by atoms with E-state index in [1.807, 2.05) is 67.8 Å². The first-order valence-electron chi connectivity index (χ1n) is 7.54. The molecule has 1 rings (SSSR count). The highest BCUT2D eigenvalue weighted by atomic mass is 127. The Morgan fingerprint density at radius 1 is 1.11 bits per heavy atom. The summed E-state index contributed by atoms with van der Waals surface area (Å²) in [4.78, 5) is 38.0. The Labute approximate surface area is 196 Å². The normalized spacial score (nSPS) is 11.8. The zero-order valence-electron chi connectivity index (χ0n) is 14.1. The summed E-state index contributed by atoms with van der Waals surface area (Å²) < 4.78 is 1.05. The van der Waals surface area contributed by atoms with Gasteiger partial charge in [0.2, 0.25) is 5.91 Å². The van der Waals surface area contributed by atoms with Gasteiger partial charge in [-0.2, -0.15) is 0 Å². The van der Waals surface area contributed by atoms with Gasteiger partial charge in [-0.25, -0.2) is 0 Å². The Hall–Kier alpha value is -0.300. The van der Waals surface area contributed by atoms with Crippen molar-refractivity contribution in [3.63, 3.8) is 0 Å². The fraction of sp³-hybridized carbons (Fsp3) is 0.400. The highest BCUT2D eigenvalue weighted by Crippen LogP contribution is 2.38. The third-order valence-electron chi connectivity index (χ3n) is 3.42. The molecule has 0 aliphatic rings. The zero-order valence-corrected chi connectivity index (χ0v) is 20.6. The summed E-state index contributed by atoms with van der Waals surface area (Å²) in [5.41, 5.74) is 5.95. The van der Waals surface area contributed by atoms with Crippen molar-refractivity contribution >= 4 is 91.2 Å². The van der Waals surface area contributed by atoms with E-state index in [2.05, 4.69) is 5.32 Å². The molecule has 12 heteroatoms. The first-order chi connectivity index (χ1) is 12.6. The number of anilines is 1. The molecule has 0 aromatic heterocycles. The smallest absolute Gasteiger partial charge is 0.253 e. The second-order valence-corrected chi connectivity index (χ2v) is 8.59. The maximum absolute atomic E-state index is 12.6. The van der Waals surface area contributed by atoms with Gasteiger partial charge < -0.3 is 31.3 Å². The Morgan fingerprint density at radius 3 is 2.11 bits per heavy atom. The SMILES string of the molecule is CC(=O)N(CC(O)CO)c1c(I)c(C(N)=O)c(I)c(C(=O)NCCO)c1I. The van der Waals surface area contributed by atoms with Gasteiger partial charge in [-0.05, 0) is 67.8 Å². The van der Waals surface area contributed by atoms with Gasteiger partial charge >= 0.3 is 0 Å². The quantitative estimate of drug-likeness (QED) is 0.240. The minimum atomic E-state index is -1.21. The Morgan fingerprint density at radius 2 is 1.67 bits per heavy atom. The summed E-state index contributed by atoms with van der Waals surface area (Å²) in [6.45, 7) is 0.227. The predicted molar refractivity (Wildman–Crippen MR) is 124 cm³/mol. The largest absolute Gasteiger partial charge is 0.395 e. The molecular formula is C15H18I3N3O6. The van der Waals surface area contributed by atoms with Crippen LogP contribution >= 0.6 is 67.8 Å². The molecule has 0 aliphatic heterocycles. The number of nitrogens with one attached hydrogen (secondary N) is 1. The number of carbonyl (C=O) groups is 3. The number of hydrogen-bond donors (Lipinski definition) is 5. The van der Waals surface area contributed by atoms with E-state index in [0.29, 0.717) is 10.7 Å². The highest BCUT2D eigenvalue weighted by molar-refractivity contribution is 14.1. The van der Waals surface area contributed by atoms with Gasteiger partial charge in [0.15, 0.2) is 0 Å². The number of rotatable bonds is 8. The number of carbonyl (C=O) groups excluding carboxylic acids is 3. The summed E-state index contributed by atoms with van der Waals surface area (Å²) >= 11 is 5.59. The van der Waals surface area contributed by atoms with E-state index < -0.39 is 30.4 Å². The fourth-order valence-electron chi connectivity index (χ4n) is 2.21. The number of nitrogens with zero attached hydrogens (tertiary/aromatic N) is 1. The number of primary amides is 1. The number of benzene rings is 1. The number of halogens is 3. The summed E-state index contributed by atoms with van der Waals surface area (Å²) in [6.07, 6.45) is -1.21. The zero-order chi connectivity index (χ0) is 20.9. The van der Waals surface area contributed by atoms with Gasteiger partial charge in [0.25, 0.3) is 11.8 Å². The van der Waals surface area contributed by atoms with E-state index in [9.17, 15) is 19.5 Å². The fourth-order valence-corrected chi connectivity index (χ4v) is 6.98. The number of aliphatic hydroxyl groups is 3. The van der Waals surface area contributed by atoms with E-state index in [1.54, 1.807) is 0 Å². The Balaban J connectivity index is 3.76. The summed E-state index contributed by atoms with van der Waals surface area (Å²) in [5.74, 6) is -1.76. The third kappa shape index (κ3) is 5.84. The molecule has 1 atom stereocenters. The molecule has 27 heavy (non-hydrogen) atoms. The van der Waals surface area contributed by atoms with Crippen LogP contribution in [0.1, 0.15) is 27.6 Å². The summed E-state index contributed by atoms with van der Waals surface area (Å²) in [5, 5.41) is 30.4. The van der Waals surface area contributed by atoms with Crippen LogP contribution in [0.2, 0.25) is 0 Å². The van der Waals surface area contributed by atoms with Gasteiger partial charge in [0, 0.05) is 17.0 Å². The second kappa shape index (κ2) is 11.0. The number of aliphatic hydroxyl groups excluding tert-OH is 3. The molecule has 3 amide bonds. The topological polar surface area (TPSA) is 153 Å². The second-order valence-electron chi connectivity index (χ2n) is 5.35. The van der Waals surface area contributed by atoms with E-state index in [1.165, 1.54) is 11.8 Å². The van der Waals surface area contributed by atoms with Crippen LogP contribution in [0.3, 0.4) is 0 Å². The first-order valence-corrected chi connectivity index (χ1v) is 10.8. The average Bonchev–Trinajstić information content (AvgIpc) is 2.58. The molecule has 0 fully saturated rings. The van der Waals surface area contributed by atoms with Gasteiger partial charge in [0.1, 0.15) is 0 Å². The molecular weight excluding hydrogens is 699 g/mol. The molecule has 1 aromatic rings. The molecule has 9 nitrogen and oxygen atoms in total. The molecule has 0 saturated carbocycles. The van der Waals surface area contributed by atoms with Crippen molar-refractivity contribution in [2.45, 2.75) is 13.0 Å². The predicted octanol–water partition coefficient (Wildman–Crippen LogP) is 0.0275. The summed E-state index contributed by atoms with van der Waals surface area (Å²) in [6, 6.07) is 0. The van der Waals surface area contributed by atoms with Gasteiger partial charge in [-0.3, -0.25) is 14.4 Å². The van der Waals surface area contributed by atoms with Gasteiger partial charge in [-0.15, -0.1) is 0 Å². The molecule has 0 bridgehead atoms. The molecule has 0 saturated heterocycles. The van der Waals surface area contributed by atoms with E-state index >= 15 is 0 Å². The van der Waals surface area contributed by atoms with Crippen LogP contribution in [0.4, 0.5) is 5.69 Å². The Bertz CT molecular complexity index is 759. The first kappa shape index (κ1) is 24.7. The lowest BCUT2D eigenvalue weighted by Crippen LogP contribution is -2.40. The number of nitrogens with two attached hydrogens (primary N) is 1. The molecule has 150 valence electrons. The highest BCUT2D eigenvalue weighted by Gasteiger charge is 2.31. The van der Waals surface area contributed by atoms with Crippen molar-refractivity contribution in [2.75, 3.05) is 31.2 Å².